The summed E-state index contributed by atoms with van der Waals surface area (Å²) in [6, 6.07) is 4.93. The van der Waals surface area contributed by atoms with E-state index in [0.29, 0.717) is 17.5 Å². The molecule has 8 amide bonds. The van der Waals surface area contributed by atoms with E-state index >= 15 is 0 Å². The molecule has 0 bridgehead atoms. The van der Waals surface area contributed by atoms with E-state index in [2.05, 4.69) is 31.6 Å². The molecule has 2 aromatic rings. The van der Waals surface area contributed by atoms with Gasteiger partial charge in [0.1, 0.15) is 36.3 Å². The Hall–Kier alpha value is -6.66. The molecule has 8 N–H and O–H groups in total. The first-order valence-electron chi connectivity index (χ1n) is 23.1. The predicted octanol–water partition coefficient (Wildman–Crippen LogP) is 1.60. The summed E-state index contributed by atoms with van der Waals surface area (Å²) in [4.78, 5) is 127. The van der Waals surface area contributed by atoms with E-state index in [1.54, 1.807) is 54.9 Å². The summed E-state index contributed by atoms with van der Waals surface area (Å²) in [5, 5.41) is 23.4. The van der Waals surface area contributed by atoms with Gasteiger partial charge in [-0.2, -0.15) is 0 Å². The zero-order chi connectivity index (χ0) is 49.0. The lowest BCUT2D eigenvalue weighted by Crippen LogP contribution is -2.61. The van der Waals surface area contributed by atoms with Gasteiger partial charge in [-0.3, -0.25) is 43.3 Å². The highest BCUT2D eigenvalue weighted by molar-refractivity contribution is 5.99. The van der Waals surface area contributed by atoms with Crippen LogP contribution in [0.2, 0.25) is 0 Å². The Morgan fingerprint density at radius 2 is 1.55 bits per heavy atom. The molecule has 1 saturated heterocycles. The first kappa shape index (κ1) is 53.0. The Kier molecular flexibility index (Phi) is 20.9. The molecule has 4 rings (SSSR count). The molecule has 19 nitrogen and oxygen atoms in total. The number of aliphatic carboxylic acids is 1. The van der Waals surface area contributed by atoms with Gasteiger partial charge in [-0.25, -0.2) is 4.79 Å². The third-order valence-corrected chi connectivity index (χ3v) is 12.1. The monoisotopic (exact) mass is 930 g/mol. The number of likely N-dealkylation sites (N-methyl/N-ethyl adjacent to an activating group) is 1. The molecule has 1 aliphatic heterocycles. The van der Waals surface area contributed by atoms with Crippen molar-refractivity contribution in [3.63, 3.8) is 0 Å². The van der Waals surface area contributed by atoms with E-state index in [1.165, 1.54) is 31.0 Å². The quantitative estimate of drug-likeness (QED) is 0.0743. The summed E-state index contributed by atoms with van der Waals surface area (Å²) in [5.74, 6) is -6.60. The number of carboxylic acid groups (broad SMARTS) is 1. The second-order valence-electron chi connectivity index (χ2n) is 17.9. The van der Waals surface area contributed by atoms with Crippen molar-refractivity contribution in [2.45, 2.75) is 134 Å². The summed E-state index contributed by atoms with van der Waals surface area (Å²) < 4.78 is 0. The lowest BCUT2D eigenvalue weighted by Gasteiger charge is -2.35. The van der Waals surface area contributed by atoms with Crippen molar-refractivity contribution in [1.29, 1.82) is 0 Å². The van der Waals surface area contributed by atoms with Crippen molar-refractivity contribution in [2.24, 2.45) is 17.6 Å². The molecule has 1 aromatic carbocycles. The fraction of sp³-hybridized carbons (Fsp3) is 0.542. The summed E-state index contributed by atoms with van der Waals surface area (Å²) >= 11 is 0. The largest absolute Gasteiger partial charge is 0.480 e. The first-order chi connectivity index (χ1) is 31.9. The van der Waals surface area contributed by atoms with E-state index in [4.69, 9.17) is 5.73 Å². The lowest BCUT2D eigenvalue weighted by molar-refractivity contribution is -0.146. The summed E-state index contributed by atoms with van der Waals surface area (Å²) in [5.41, 5.74) is 6.75. The normalized spacial score (nSPS) is 17.3. The Balaban J connectivity index is 1.56. The summed E-state index contributed by atoms with van der Waals surface area (Å²) in [6.45, 7) is 4.76. The number of nitrogens with one attached hydrogen (secondary N) is 5. The fourth-order valence-corrected chi connectivity index (χ4v) is 8.50. The number of likely N-dealkylation sites (tertiary alicyclic amines) is 1. The Morgan fingerprint density at radius 3 is 2.18 bits per heavy atom. The van der Waals surface area contributed by atoms with Gasteiger partial charge in [-0.05, 0) is 67.2 Å². The molecular formula is C48H67N9O10. The predicted molar refractivity (Wildman–Crippen MR) is 248 cm³/mol. The first-order valence-corrected chi connectivity index (χ1v) is 23.1. The van der Waals surface area contributed by atoms with Crippen LogP contribution in [0.15, 0.2) is 60.9 Å². The maximum atomic E-state index is 14.7. The molecule has 2 heterocycles. The van der Waals surface area contributed by atoms with Crippen molar-refractivity contribution in [2.75, 3.05) is 20.1 Å². The van der Waals surface area contributed by atoms with Crippen LogP contribution in [0.4, 0.5) is 0 Å². The van der Waals surface area contributed by atoms with E-state index in [9.17, 15) is 48.3 Å². The van der Waals surface area contributed by atoms with E-state index < -0.39 is 89.5 Å². The van der Waals surface area contributed by atoms with Gasteiger partial charge in [0.2, 0.25) is 47.3 Å². The van der Waals surface area contributed by atoms with E-state index in [1.807, 2.05) is 13.8 Å². The summed E-state index contributed by atoms with van der Waals surface area (Å²) in [6.07, 6.45) is 10.9. The highest BCUT2D eigenvalue weighted by atomic mass is 16.4. The second kappa shape index (κ2) is 26.5. The van der Waals surface area contributed by atoms with Gasteiger partial charge < -0.3 is 47.2 Å². The topological polar surface area (TPSA) is 279 Å². The van der Waals surface area contributed by atoms with Crippen LogP contribution in [-0.4, -0.2) is 130 Å². The number of carboxylic acids is 1. The number of carbonyl (C=O) groups is 9. The number of amides is 8. The van der Waals surface area contributed by atoms with Crippen LogP contribution in [0.5, 0.6) is 0 Å². The Labute approximate surface area is 391 Å². The van der Waals surface area contributed by atoms with Crippen molar-refractivity contribution in [3.8, 4) is 0 Å². The average Bonchev–Trinajstić information content (AvgIpc) is 3.79. The number of benzene rings is 1. The average molecular weight is 930 g/mol. The zero-order valence-electron chi connectivity index (χ0n) is 38.9. The Bertz CT molecular complexity index is 2060. The SMILES string of the molecule is CC(=O)NC[C@@H](C(=O)N[C@@H](CC(C)C)C(=O)N1CCC[C@H]1C(=O)N[C@@H](Cc1ccccc1)C(=O)O)N(C)C(=O)[C@H](CC1CCCCC1)NC(=O)[C@H](CCC(N)=O)NC(=O)/C=C/c1cccnc1. The molecule has 2 aliphatic rings. The molecule has 67 heavy (non-hydrogen) atoms. The number of nitrogens with two attached hydrogens (primary N) is 1. The highest BCUT2D eigenvalue weighted by Crippen LogP contribution is 2.28. The molecule has 364 valence electrons. The van der Waals surface area contributed by atoms with Crippen LogP contribution >= 0.6 is 0 Å². The maximum absolute atomic E-state index is 14.7. The third-order valence-electron chi connectivity index (χ3n) is 12.1. The van der Waals surface area contributed by atoms with Crippen molar-refractivity contribution >= 4 is 59.3 Å². The molecule has 19 heteroatoms. The molecule has 1 aliphatic carbocycles. The standard InChI is InChI=1S/C48H67N9O10/c1-30(2)25-36(47(65)57-24-12-18-39(57)44(62)55-38(48(66)67)27-33-15-9-6-10-16-33)54-45(63)40(29-51-31(3)58)56(4)46(64)37(26-32-13-7-5-8-14-32)53-43(61)35(20-21-41(49)59)52-42(60)22-19-34-17-11-23-50-28-34/h6,9-11,15-17,19,22-23,28,30,32,35-40H,5,7-8,12-14,18,20-21,24-27,29H2,1-4H3,(H2,49,59)(H,51,58)(H,52,60)(H,53,61)(H,54,63)(H,55,62)(H,66,67)/b22-19+/t35-,36-,37-,38-,39-,40-/m0/s1. The van der Waals surface area contributed by atoms with Crippen LogP contribution in [0, 0.1) is 11.8 Å². The number of hydrogen-bond acceptors (Lipinski definition) is 10. The minimum Gasteiger partial charge on any atom is -0.480 e. The maximum Gasteiger partial charge on any atom is 0.326 e. The van der Waals surface area contributed by atoms with Crippen LogP contribution in [0.1, 0.15) is 103 Å². The highest BCUT2D eigenvalue weighted by Gasteiger charge is 2.41. The van der Waals surface area contributed by atoms with Gasteiger partial charge in [0.25, 0.3) is 0 Å². The molecule has 0 unspecified atom stereocenters. The minimum absolute atomic E-state index is 0.0270. The molecule has 0 spiro atoms. The second-order valence-corrected chi connectivity index (χ2v) is 17.9. The zero-order valence-corrected chi connectivity index (χ0v) is 38.9. The molecule has 2 fully saturated rings. The van der Waals surface area contributed by atoms with Gasteiger partial charge in [0.05, 0.1) is 0 Å². The van der Waals surface area contributed by atoms with Gasteiger partial charge in [-0.1, -0.05) is 82.3 Å². The number of hydrogen-bond donors (Lipinski definition) is 7. The summed E-state index contributed by atoms with van der Waals surface area (Å²) in [7, 11) is 1.36. The molecule has 1 saturated carbocycles. The van der Waals surface area contributed by atoms with Gasteiger partial charge >= 0.3 is 5.97 Å². The number of nitrogens with zero attached hydrogens (tertiary/aromatic N) is 3. The van der Waals surface area contributed by atoms with Crippen LogP contribution in [-0.2, 0) is 49.6 Å². The number of primary amides is 1. The van der Waals surface area contributed by atoms with Crippen molar-refractivity contribution in [3.05, 3.63) is 72.1 Å². The van der Waals surface area contributed by atoms with Crippen LogP contribution in [0.3, 0.4) is 0 Å². The Morgan fingerprint density at radius 1 is 0.851 bits per heavy atom. The smallest absolute Gasteiger partial charge is 0.326 e. The number of rotatable bonds is 24. The van der Waals surface area contributed by atoms with Crippen molar-refractivity contribution in [1.82, 2.24) is 41.4 Å². The van der Waals surface area contributed by atoms with E-state index in [0.717, 1.165) is 37.0 Å². The van der Waals surface area contributed by atoms with Crippen molar-refractivity contribution < 1.29 is 48.3 Å². The van der Waals surface area contributed by atoms with Crippen LogP contribution in [0.25, 0.3) is 6.08 Å². The molecule has 6 atom stereocenters. The number of carbonyl (C=O) groups excluding carboxylic acids is 8. The molecular weight excluding hydrogens is 863 g/mol. The lowest BCUT2D eigenvalue weighted by atomic mass is 9.84. The van der Waals surface area contributed by atoms with Crippen LogP contribution < -0.4 is 32.3 Å². The van der Waals surface area contributed by atoms with E-state index in [-0.39, 0.29) is 63.5 Å². The third kappa shape index (κ3) is 17.3. The van der Waals surface area contributed by atoms with Gasteiger partial charge in [0.15, 0.2) is 0 Å². The van der Waals surface area contributed by atoms with Gasteiger partial charge in [0, 0.05) is 58.4 Å². The number of aromatic nitrogens is 1. The molecule has 0 radical (unpaired) electrons. The minimum atomic E-state index is -1.39. The number of pyridine rings is 1. The fourth-order valence-electron chi connectivity index (χ4n) is 8.50. The molecule has 1 aromatic heterocycles. The van der Waals surface area contributed by atoms with Gasteiger partial charge in [-0.15, -0.1) is 0 Å².